The molecular formula is C29H36ClN5O3S. The summed E-state index contributed by atoms with van der Waals surface area (Å²) in [7, 11) is 0. The Balaban J connectivity index is 0.00000205. The van der Waals surface area contributed by atoms with Gasteiger partial charge < -0.3 is 15.5 Å². The summed E-state index contributed by atoms with van der Waals surface area (Å²) >= 11 is 7.09. The zero-order valence-corrected chi connectivity index (χ0v) is 24.5. The van der Waals surface area contributed by atoms with Gasteiger partial charge in [0.1, 0.15) is 5.84 Å². The van der Waals surface area contributed by atoms with Gasteiger partial charge in [-0.05, 0) is 57.0 Å². The molecule has 1 aromatic heterocycles. The predicted octanol–water partition coefficient (Wildman–Crippen LogP) is 5.84. The topological polar surface area (TPSA) is 94.1 Å². The summed E-state index contributed by atoms with van der Waals surface area (Å²) in [4.78, 5) is 47.7. The molecule has 1 saturated heterocycles. The molecule has 10 heteroatoms. The zero-order chi connectivity index (χ0) is 28.5. The van der Waals surface area contributed by atoms with E-state index in [0.29, 0.717) is 27.0 Å². The second-order valence-electron chi connectivity index (χ2n) is 8.99. The van der Waals surface area contributed by atoms with Gasteiger partial charge in [0.05, 0.1) is 26.0 Å². The number of nitrogens with zero attached hydrogens (tertiary/aromatic N) is 3. The molecule has 0 radical (unpaired) electrons. The van der Waals surface area contributed by atoms with Crippen LogP contribution in [0.1, 0.15) is 70.9 Å². The van der Waals surface area contributed by atoms with E-state index in [1.54, 1.807) is 30.3 Å². The first-order valence-corrected chi connectivity index (χ1v) is 14.4. The highest BCUT2D eigenvalue weighted by molar-refractivity contribution is 7.18. The van der Waals surface area contributed by atoms with Crippen LogP contribution in [0.5, 0.6) is 0 Å². The molecule has 2 aliphatic heterocycles. The Morgan fingerprint density at radius 3 is 2.67 bits per heavy atom. The Morgan fingerprint density at radius 2 is 2.00 bits per heavy atom. The first-order chi connectivity index (χ1) is 18.8. The van der Waals surface area contributed by atoms with Crippen LogP contribution in [-0.2, 0) is 0 Å². The minimum absolute atomic E-state index is 0.0288. The van der Waals surface area contributed by atoms with Gasteiger partial charge in [-0.3, -0.25) is 19.3 Å². The normalized spacial score (nSPS) is 17.9. The Hall–Kier alpha value is -3.27. The summed E-state index contributed by atoms with van der Waals surface area (Å²) in [6, 6.07) is 8.17. The van der Waals surface area contributed by atoms with Crippen LogP contribution in [-0.4, -0.2) is 65.6 Å². The molecule has 3 amide bonds. The number of hydrogen-bond acceptors (Lipinski definition) is 6. The SMILES string of the molecule is C=C(C)N=C(/C=C\C)N1CCCC(CN2C(=O)c3cccc(NC(=O)c4ccc(Cl)s4)c3C2=O)NCC1.CC. The fourth-order valence-electron chi connectivity index (χ4n) is 4.53. The molecule has 2 aromatic rings. The summed E-state index contributed by atoms with van der Waals surface area (Å²) in [6.45, 7) is 14.2. The van der Waals surface area contributed by atoms with E-state index in [-0.39, 0.29) is 30.0 Å². The van der Waals surface area contributed by atoms with Gasteiger partial charge in [0, 0.05) is 37.9 Å². The van der Waals surface area contributed by atoms with Crippen molar-refractivity contribution in [1.82, 2.24) is 15.1 Å². The molecule has 1 fully saturated rings. The fraction of sp³-hybridized carbons (Fsp3) is 0.379. The van der Waals surface area contributed by atoms with E-state index < -0.39 is 5.91 Å². The van der Waals surface area contributed by atoms with Crippen LogP contribution in [0.15, 0.2) is 59.8 Å². The van der Waals surface area contributed by atoms with Gasteiger partial charge in [0.15, 0.2) is 0 Å². The maximum absolute atomic E-state index is 13.4. The van der Waals surface area contributed by atoms with Gasteiger partial charge in [0.2, 0.25) is 0 Å². The van der Waals surface area contributed by atoms with Crippen molar-refractivity contribution in [2.45, 2.75) is 46.6 Å². The number of halogens is 1. The van der Waals surface area contributed by atoms with E-state index in [1.165, 1.54) is 4.90 Å². The molecule has 39 heavy (non-hydrogen) atoms. The van der Waals surface area contributed by atoms with Gasteiger partial charge in [-0.1, -0.05) is 44.2 Å². The molecule has 3 heterocycles. The number of anilines is 1. The third-order valence-corrected chi connectivity index (χ3v) is 7.42. The van der Waals surface area contributed by atoms with Gasteiger partial charge in [-0.2, -0.15) is 0 Å². The first-order valence-electron chi connectivity index (χ1n) is 13.2. The van der Waals surface area contributed by atoms with Crippen LogP contribution < -0.4 is 10.6 Å². The molecule has 8 nitrogen and oxygen atoms in total. The van der Waals surface area contributed by atoms with E-state index in [4.69, 9.17) is 11.6 Å². The molecular weight excluding hydrogens is 534 g/mol. The number of imide groups is 1. The van der Waals surface area contributed by atoms with Crippen molar-refractivity contribution >= 4 is 52.2 Å². The number of benzene rings is 1. The van der Waals surface area contributed by atoms with E-state index in [9.17, 15) is 14.4 Å². The summed E-state index contributed by atoms with van der Waals surface area (Å²) in [5.41, 5.74) is 1.60. The minimum Gasteiger partial charge on any atom is -0.355 e. The highest BCUT2D eigenvalue weighted by Crippen LogP contribution is 2.31. The van der Waals surface area contributed by atoms with Crippen molar-refractivity contribution in [2.24, 2.45) is 4.99 Å². The smallest absolute Gasteiger partial charge is 0.265 e. The Bertz CT molecular complexity index is 1280. The van der Waals surface area contributed by atoms with Gasteiger partial charge >= 0.3 is 0 Å². The number of carbonyl (C=O) groups is 3. The van der Waals surface area contributed by atoms with Crippen LogP contribution in [0.25, 0.3) is 0 Å². The van der Waals surface area contributed by atoms with Crippen LogP contribution in [0.2, 0.25) is 4.34 Å². The number of amides is 3. The number of amidine groups is 1. The maximum Gasteiger partial charge on any atom is 0.265 e. The minimum atomic E-state index is -0.394. The second-order valence-corrected chi connectivity index (χ2v) is 10.7. The highest BCUT2D eigenvalue weighted by Gasteiger charge is 2.39. The molecule has 1 unspecified atom stereocenters. The molecule has 1 atom stereocenters. The lowest BCUT2D eigenvalue weighted by Gasteiger charge is -2.31. The molecule has 4 rings (SSSR count). The molecule has 0 saturated carbocycles. The van der Waals surface area contributed by atoms with Crippen molar-refractivity contribution in [3.8, 4) is 0 Å². The average molecular weight is 570 g/mol. The third-order valence-electron chi connectivity index (χ3n) is 6.19. The van der Waals surface area contributed by atoms with Gasteiger partial charge in [0.25, 0.3) is 17.7 Å². The molecule has 0 bridgehead atoms. The average Bonchev–Trinajstić information content (AvgIpc) is 3.43. The maximum atomic E-state index is 13.4. The number of aliphatic imine (C=N–C) groups is 1. The lowest BCUT2D eigenvalue weighted by Crippen LogP contribution is -2.48. The Labute approximate surface area is 239 Å². The summed E-state index contributed by atoms with van der Waals surface area (Å²) in [5, 5.41) is 6.27. The lowest BCUT2D eigenvalue weighted by molar-refractivity contribution is 0.0634. The van der Waals surface area contributed by atoms with Crippen LogP contribution >= 0.6 is 22.9 Å². The van der Waals surface area contributed by atoms with Gasteiger partial charge in [-0.15, -0.1) is 11.3 Å². The third kappa shape index (κ3) is 7.44. The van der Waals surface area contributed by atoms with Crippen LogP contribution in [0.4, 0.5) is 5.69 Å². The van der Waals surface area contributed by atoms with Crippen molar-refractivity contribution < 1.29 is 14.4 Å². The van der Waals surface area contributed by atoms with E-state index >= 15 is 0 Å². The number of allylic oxidation sites excluding steroid dienone is 2. The molecule has 1 aromatic carbocycles. The van der Waals surface area contributed by atoms with Gasteiger partial charge in [-0.25, -0.2) is 4.99 Å². The predicted molar refractivity (Wildman–Crippen MR) is 160 cm³/mol. The standard InChI is InChI=1S/C27H30ClN5O3S.C2H6/c1-4-7-23(30-17(2)3)32-14-6-8-18(29-13-15-32)16-33-26(35)19-9-5-10-20(24(19)27(33)36)31-25(34)21-11-12-22(28)37-21;1-2/h4-5,7,9-12,18,29H,2,6,8,13-16H2,1,3H3,(H,31,34);1-2H3/b7-4-,30-23?;. The first kappa shape index (κ1) is 30.3. The second kappa shape index (κ2) is 14.2. The number of thiophene rings is 1. The summed E-state index contributed by atoms with van der Waals surface area (Å²) < 4.78 is 0.497. The molecule has 0 aliphatic carbocycles. The Kier molecular flexibility index (Phi) is 11.0. The Morgan fingerprint density at radius 1 is 1.23 bits per heavy atom. The number of hydrogen-bond donors (Lipinski definition) is 2. The zero-order valence-electron chi connectivity index (χ0n) is 22.9. The summed E-state index contributed by atoms with van der Waals surface area (Å²) in [5.74, 6) is -0.225. The van der Waals surface area contributed by atoms with E-state index in [2.05, 4.69) is 27.1 Å². The van der Waals surface area contributed by atoms with Crippen molar-refractivity contribution in [3.05, 3.63) is 75.1 Å². The monoisotopic (exact) mass is 569 g/mol. The highest BCUT2D eigenvalue weighted by atomic mass is 35.5. The molecule has 208 valence electrons. The number of carbonyl (C=O) groups excluding carboxylic acids is 3. The molecule has 2 N–H and O–H groups in total. The van der Waals surface area contributed by atoms with Crippen molar-refractivity contribution in [3.63, 3.8) is 0 Å². The summed E-state index contributed by atoms with van der Waals surface area (Å²) in [6.07, 6.45) is 5.61. The van der Waals surface area contributed by atoms with E-state index in [1.807, 2.05) is 39.8 Å². The molecule has 0 spiro atoms. The van der Waals surface area contributed by atoms with Crippen molar-refractivity contribution in [1.29, 1.82) is 0 Å². The number of fused-ring (bicyclic) bond motifs is 1. The lowest BCUT2D eigenvalue weighted by atomic mass is 10.1. The van der Waals surface area contributed by atoms with E-state index in [0.717, 1.165) is 48.8 Å². The molecule has 2 aliphatic rings. The van der Waals surface area contributed by atoms with Crippen LogP contribution in [0.3, 0.4) is 0 Å². The largest absolute Gasteiger partial charge is 0.355 e. The van der Waals surface area contributed by atoms with Crippen molar-refractivity contribution in [2.75, 3.05) is 31.5 Å². The van der Waals surface area contributed by atoms with Crippen LogP contribution in [0, 0.1) is 0 Å². The quantitative estimate of drug-likeness (QED) is 0.259. The fourth-order valence-corrected chi connectivity index (χ4v) is 5.47. The number of rotatable bonds is 6. The number of nitrogens with one attached hydrogen (secondary N) is 2.